The van der Waals surface area contributed by atoms with E-state index < -0.39 is 0 Å². The van der Waals surface area contributed by atoms with Crippen LogP contribution in [0, 0.1) is 0 Å². The number of aromatic nitrogens is 1. The highest BCUT2D eigenvalue weighted by molar-refractivity contribution is 6.30. The maximum atomic E-state index is 11.6. The Bertz CT molecular complexity index is 543. The van der Waals surface area contributed by atoms with E-state index in [0.717, 1.165) is 24.2 Å². The molecule has 1 aromatic carbocycles. The zero-order chi connectivity index (χ0) is 14.2. The van der Waals surface area contributed by atoms with Crippen LogP contribution in [-0.4, -0.2) is 17.6 Å². The summed E-state index contributed by atoms with van der Waals surface area (Å²) in [5, 5.41) is 6.19. The molecule has 2 rings (SSSR count). The van der Waals surface area contributed by atoms with E-state index in [4.69, 9.17) is 11.6 Å². The van der Waals surface area contributed by atoms with Gasteiger partial charge in [0.1, 0.15) is 0 Å². The number of hydrogen-bond donors (Lipinski definition) is 2. The van der Waals surface area contributed by atoms with Crippen molar-refractivity contribution in [3.05, 3.63) is 59.4 Å². The first-order valence-electron chi connectivity index (χ1n) is 6.44. The van der Waals surface area contributed by atoms with Crippen LogP contribution in [-0.2, 0) is 6.42 Å². The standard InChI is InChI=1S/C15H16ClN3O/c16-12-6-8-14(9-7-12)19-15(20)18-11-3-5-13-4-1-2-10-17-13/h1-2,4,6-10H,3,5,11H2,(H2,18,19,20). The van der Waals surface area contributed by atoms with Gasteiger partial charge in [-0.15, -0.1) is 0 Å². The van der Waals surface area contributed by atoms with Crippen LogP contribution in [0.25, 0.3) is 0 Å². The Balaban J connectivity index is 1.66. The molecule has 0 aliphatic heterocycles. The minimum Gasteiger partial charge on any atom is -0.338 e. The number of benzene rings is 1. The number of hydrogen-bond acceptors (Lipinski definition) is 2. The number of carbonyl (C=O) groups excluding carboxylic acids is 1. The number of halogens is 1. The Kier molecular flexibility index (Phi) is 5.38. The largest absolute Gasteiger partial charge is 0.338 e. The van der Waals surface area contributed by atoms with Gasteiger partial charge in [-0.1, -0.05) is 17.7 Å². The monoisotopic (exact) mass is 289 g/mol. The second-order valence-corrected chi connectivity index (χ2v) is 4.75. The van der Waals surface area contributed by atoms with Gasteiger partial charge in [0.05, 0.1) is 0 Å². The first kappa shape index (κ1) is 14.3. The van der Waals surface area contributed by atoms with Crippen LogP contribution in [0.2, 0.25) is 5.02 Å². The van der Waals surface area contributed by atoms with Gasteiger partial charge in [-0.25, -0.2) is 4.79 Å². The molecular formula is C15H16ClN3O. The lowest BCUT2D eigenvalue weighted by Crippen LogP contribution is -2.29. The summed E-state index contributed by atoms with van der Waals surface area (Å²) in [5.74, 6) is 0. The summed E-state index contributed by atoms with van der Waals surface area (Å²) < 4.78 is 0. The molecule has 0 spiro atoms. The number of amides is 2. The van der Waals surface area contributed by atoms with Crippen molar-refractivity contribution in [3.8, 4) is 0 Å². The molecule has 104 valence electrons. The molecular weight excluding hydrogens is 274 g/mol. The molecule has 0 aliphatic rings. The van der Waals surface area contributed by atoms with Gasteiger partial charge in [0.2, 0.25) is 0 Å². The molecule has 0 aliphatic carbocycles. The number of nitrogens with one attached hydrogen (secondary N) is 2. The van der Waals surface area contributed by atoms with E-state index >= 15 is 0 Å². The minimum atomic E-state index is -0.214. The second kappa shape index (κ2) is 7.50. The molecule has 0 unspecified atom stereocenters. The lowest BCUT2D eigenvalue weighted by atomic mass is 10.2. The summed E-state index contributed by atoms with van der Waals surface area (Å²) in [6, 6.07) is 12.6. The second-order valence-electron chi connectivity index (χ2n) is 4.31. The van der Waals surface area contributed by atoms with E-state index in [0.29, 0.717) is 11.6 Å². The smallest absolute Gasteiger partial charge is 0.319 e. The fourth-order valence-electron chi connectivity index (χ4n) is 1.73. The van der Waals surface area contributed by atoms with Gasteiger partial charge in [-0.2, -0.15) is 0 Å². The van der Waals surface area contributed by atoms with Crippen molar-refractivity contribution in [2.75, 3.05) is 11.9 Å². The summed E-state index contributed by atoms with van der Waals surface area (Å²) >= 11 is 5.77. The van der Waals surface area contributed by atoms with Crippen molar-refractivity contribution in [1.29, 1.82) is 0 Å². The highest BCUT2D eigenvalue weighted by atomic mass is 35.5. The Hall–Kier alpha value is -2.07. The summed E-state index contributed by atoms with van der Waals surface area (Å²) in [5.41, 5.74) is 1.75. The zero-order valence-corrected chi connectivity index (χ0v) is 11.7. The molecule has 4 nitrogen and oxygen atoms in total. The predicted molar refractivity (Wildman–Crippen MR) is 81.0 cm³/mol. The van der Waals surface area contributed by atoms with Crippen molar-refractivity contribution in [2.24, 2.45) is 0 Å². The Labute approximate surface area is 123 Å². The van der Waals surface area contributed by atoms with Crippen molar-refractivity contribution in [1.82, 2.24) is 10.3 Å². The van der Waals surface area contributed by atoms with E-state index in [1.807, 2.05) is 18.2 Å². The first-order chi connectivity index (χ1) is 9.74. The van der Waals surface area contributed by atoms with E-state index in [1.165, 1.54) is 0 Å². The van der Waals surface area contributed by atoms with Crippen LogP contribution < -0.4 is 10.6 Å². The number of anilines is 1. The maximum Gasteiger partial charge on any atom is 0.319 e. The van der Waals surface area contributed by atoms with Crippen molar-refractivity contribution in [2.45, 2.75) is 12.8 Å². The average Bonchev–Trinajstić information content (AvgIpc) is 2.47. The molecule has 0 fully saturated rings. The Morgan fingerprint density at radius 2 is 1.95 bits per heavy atom. The number of nitrogens with zero attached hydrogens (tertiary/aromatic N) is 1. The number of rotatable bonds is 5. The summed E-state index contributed by atoms with van der Waals surface area (Å²) in [4.78, 5) is 15.9. The molecule has 5 heteroatoms. The molecule has 2 aromatic rings. The number of carbonyl (C=O) groups is 1. The molecule has 20 heavy (non-hydrogen) atoms. The van der Waals surface area contributed by atoms with E-state index in [2.05, 4.69) is 15.6 Å². The first-order valence-corrected chi connectivity index (χ1v) is 6.82. The van der Waals surface area contributed by atoms with Crippen LogP contribution in [0.4, 0.5) is 10.5 Å². The van der Waals surface area contributed by atoms with Crippen molar-refractivity contribution >= 4 is 23.3 Å². The molecule has 0 saturated heterocycles. The summed E-state index contributed by atoms with van der Waals surface area (Å²) in [7, 11) is 0. The minimum absolute atomic E-state index is 0.214. The van der Waals surface area contributed by atoms with Crippen LogP contribution in [0.5, 0.6) is 0 Å². The lowest BCUT2D eigenvalue weighted by molar-refractivity contribution is 0.252. The van der Waals surface area contributed by atoms with Gasteiger partial charge in [-0.3, -0.25) is 4.98 Å². The number of pyridine rings is 1. The number of aryl methyl sites for hydroxylation is 1. The van der Waals surface area contributed by atoms with Gasteiger partial charge in [0.15, 0.2) is 0 Å². The van der Waals surface area contributed by atoms with E-state index in [-0.39, 0.29) is 6.03 Å². The molecule has 0 bridgehead atoms. The number of urea groups is 1. The molecule has 1 aromatic heterocycles. The van der Waals surface area contributed by atoms with E-state index in [1.54, 1.807) is 30.5 Å². The van der Waals surface area contributed by atoms with Crippen molar-refractivity contribution < 1.29 is 4.79 Å². The lowest BCUT2D eigenvalue weighted by Gasteiger charge is -2.07. The molecule has 0 saturated carbocycles. The average molecular weight is 290 g/mol. The third-order valence-electron chi connectivity index (χ3n) is 2.72. The summed E-state index contributed by atoms with van der Waals surface area (Å²) in [6.45, 7) is 0.607. The van der Waals surface area contributed by atoms with Gasteiger partial charge in [-0.05, 0) is 49.2 Å². The molecule has 2 N–H and O–H groups in total. The zero-order valence-electron chi connectivity index (χ0n) is 11.0. The molecule has 1 heterocycles. The van der Waals surface area contributed by atoms with Gasteiger partial charge in [0, 0.05) is 29.1 Å². The SMILES string of the molecule is O=C(NCCCc1ccccn1)Nc1ccc(Cl)cc1. The highest BCUT2D eigenvalue weighted by Crippen LogP contribution is 2.12. The van der Waals surface area contributed by atoms with Gasteiger partial charge < -0.3 is 10.6 Å². The van der Waals surface area contributed by atoms with Gasteiger partial charge in [0.25, 0.3) is 0 Å². The maximum absolute atomic E-state index is 11.6. The van der Waals surface area contributed by atoms with E-state index in [9.17, 15) is 4.79 Å². The fourth-order valence-corrected chi connectivity index (χ4v) is 1.85. The molecule has 0 radical (unpaired) electrons. The quantitative estimate of drug-likeness (QED) is 0.828. The third-order valence-corrected chi connectivity index (χ3v) is 2.98. The predicted octanol–water partition coefficient (Wildman–Crippen LogP) is 3.49. The molecule has 0 atom stereocenters. The normalized spacial score (nSPS) is 10.1. The van der Waals surface area contributed by atoms with Crippen LogP contribution >= 0.6 is 11.6 Å². The highest BCUT2D eigenvalue weighted by Gasteiger charge is 2.01. The van der Waals surface area contributed by atoms with Crippen LogP contribution in [0.15, 0.2) is 48.7 Å². The van der Waals surface area contributed by atoms with Gasteiger partial charge >= 0.3 is 6.03 Å². The van der Waals surface area contributed by atoms with Crippen LogP contribution in [0.1, 0.15) is 12.1 Å². The summed E-state index contributed by atoms with van der Waals surface area (Å²) in [6.07, 6.45) is 3.48. The van der Waals surface area contributed by atoms with Crippen molar-refractivity contribution in [3.63, 3.8) is 0 Å². The topological polar surface area (TPSA) is 54.0 Å². The van der Waals surface area contributed by atoms with Crippen LogP contribution in [0.3, 0.4) is 0 Å². The molecule has 2 amide bonds. The Morgan fingerprint density at radius 3 is 2.65 bits per heavy atom. The third kappa shape index (κ3) is 4.90. The Morgan fingerprint density at radius 1 is 1.15 bits per heavy atom. The fraction of sp³-hybridized carbons (Fsp3) is 0.200.